The SMILES string of the molecule is CCCCOC(=O)C1CSC(c2ccccc2)N1C(=O)c1cccc(C(F)(F)F)c1. The number of amides is 1. The first-order valence-corrected chi connectivity index (χ1v) is 10.7. The molecule has 1 saturated heterocycles. The zero-order valence-corrected chi connectivity index (χ0v) is 17.2. The fraction of sp³-hybridized carbons (Fsp3) is 0.364. The van der Waals surface area contributed by atoms with E-state index in [9.17, 15) is 22.8 Å². The summed E-state index contributed by atoms with van der Waals surface area (Å²) in [5.41, 5.74) is -0.218. The van der Waals surface area contributed by atoms with Crippen LogP contribution in [-0.2, 0) is 15.7 Å². The third kappa shape index (κ3) is 4.98. The number of rotatable bonds is 6. The van der Waals surface area contributed by atoms with Gasteiger partial charge in [0.1, 0.15) is 11.4 Å². The molecule has 2 aromatic carbocycles. The van der Waals surface area contributed by atoms with Crippen molar-refractivity contribution in [3.8, 4) is 0 Å². The lowest BCUT2D eigenvalue weighted by Gasteiger charge is -2.29. The molecule has 3 rings (SSSR count). The molecule has 1 amide bonds. The molecule has 0 bridgehead atoms. The number of carbonyl (C=O) groups is 2. The summed E-state index contributed by atoms with van der Waals surface area (Å²) in [4.78, 5) is 27.3. The van der Waals surface area contributed by atoms with Crippen LogP contribution < -0.4 is 0 Å². The van der Waals surface area contributed by atoms with Crippen molar-refractivity contribution >= 4 is 23.6 Å². The average Bonchev–Trinajstić information content (AvgIpc) is 3.18. The molecular formula is C22H22F3NO3S. The predicted octanol–water partition coefficient (Wildman–Crippen LogP) is 5.31. The van der Waals surface area contributed by atoms with Gasteiger partial charge >= 0.3 is 12.1 Å². The Balaban J connectivity index is 1.93. The van der Waals surface area contributed by atoms with Crippen LogP contribution >= 0.6 is 11.8 Å². The van der Waals surface area contributed by atoms with Crippen LogP contribution in [0.3, 0.4) is 0 Å². The van der Waals surface area contributed by atoms with Gasteiger partial charge in [-0.15, -0.1) is 11.8 Å². The lowest BCUT2D eigenvalue weighted by atomic mass is 10.1. The number of carbonyl (C=O) groups excluding carboxylic acids is 2. The molecule has 0 aliphatic carbocycles. The molecule has 0 radical (unpaired) electrons. The summed E-state index contributed by atoms with van der Waals surface area (Å²) >= 11 is 1.39. The Morgan fingerprint density at radius 2 is 1.87 bits per heavy atom. The highest BCUT2D eigenvalue weighted by atomic mass is 32.2. The first kappa shape index (κ1) is 22.2. The summed E-state index contributed by atoms with van der Waals surface area (Å²) in [7, 11) is 0. The van der Waals surface area contributed by atoms with Crippen molar-refractivity contribution in [3.05, 3.63) is 71.3 Å². The molecule has 0 N–H and O–H groups in total. The second-order valence-electron chi connectivity index (χ2n) is 6.92. The summed E-state index contributed by atoms with van der Waals surface area (Å²) in [5, 5.41) is -0.489. The van der Waals surface area contributed by atoms with Gasteiger partial charge in [-0.3, -0.25) is 4.79 Å². The fourth-order valence-electron chi connectivity index (χ4n) is 3.20. The van der Waals surface area contributed by atoms with Gasteiger partial charge in [-0.2, -0.15) is 13.2 Å². The summed E-state index contributed by atoms with van der Waals surface area (Å²) < 4.78 is 44.7. The van der Waals surface area contributed by atoms with Crippen molar-refractivity contribution < 1.29 is 27.5 Å². The van der Waals surface area contributed by atoms with Gasteiger partial charge in [0.15, 0.2) is 0 Å². The molecule has 1 aliphatic rings. The maximum atomic E-state index is 13.3. The third-order valence-corrected chi connectivity index (χ3v) is 6.09. The van der Waals surface area contributed by atoms with E-state index in [2.05, 4.69) is 0 Å². The van der Waals surface area contributed by atoms with E-state index in [-0.39, 0.29) is 12.2 Å². The van der Waals surface area contributed by atoms with Gasteiger partial charge in [0.05, 0.1) is 12.2 Å². The van der Waals surface area contributed by atoms with Crippen LogP contribution in [0.25, 0.3) is 0 Å². The Bertz CT molecular complexity index is 889. The number of halogens is 3. The zero-order chi connectivity index (χ0) is 21.7. The van der Waals surface area contributed by atoms with Gasteiger partial charge < -0.3 is 9.64 Å². The quantitative estimate of drug-likeness (QED) is 0.454. The highest BCUT2D eigenvalue weighted by Crippen LogP contribution is 2.42. The molecule has 4 nitrogen and oxygen atoms in total. The van der Waals surface area contributed by atoms with Gasteiger partial charge in [0, 0.05) is 11.3 Å². The van der Waals surface area contributed by atoms with Crippen LogP contribution in [0.2, 0.25) is 0 Å². The molecule has 8 heteroatoms. The minimum absolute atomic E-state index is 0.111. The molecule has 0 spiro atoms. The number of thioether (sulfide) groups is 1. The van der Waals surface area contributed by atoms with Gasteiger partial charge in [-0.1, -0.05) is 49.7 Å². The van der Waals surface area contributed by atoms with Gasteiger partial charge in [0.2, 0.25) is 0 Å². The number of unbranched alkanes of at least 4 members (excludes halogenated alkanes) is 1. The second-order valence-corrected chi connectivity index (χ2v) is 8.04. The van der Waals surface area contributed by atoms with Crippen LogP contribution in [0.4, 0.5) is 13.2 Å². The van der Waals surface area contributed by atoms with Crippen LogP contribution in [0.5, 0.6) is 0 Å². The molecule has 160 valence electrons. The van der Waals surface area contributed by atoms with E-state index < -0.39 is 35.0 Å². The van der Waals surface area contributed by atoms with E-state index in [4.69, 9.17) is 4.74 Å². The van der Waals surface area contributed by atoms with Crippen LogP contribution in [0, 0.1) is 0 Å². The summed E-state index contributed by atoms with van der Waals surface area (Å²) in [6.45, 7) is 2.21. The van der Waals surface area contributed by atoms with Crippen molar-refractivity contribution in [2.45, 2.75) is 37.4 Å². The number of benzene rings is 2. The normalized spacial score (nSPS) is 19.0. The van der Waals surface area contributed by atoms with Gasteiger partial charge in [-0.05, 0) is 30.2 Å². The molecule has 1 aliphatic heterocycles. The summed E-state index contributed by atoms with van der Waals surface area (Å²) in [6.07, 6.45) is -3.01. The van der Waals surface area contributed by atoms with Crippen molar-refractivity contribution in [3.63, 3.8) is 0 Å². The Labute approximate surface area is 177 Å². The number of hydrogen-bond donors (Lipinski definition) is 0. The van der Waals surface area contributed by atoms with Crippen LogP contribution in [0.1, 0.15) is 46.6 Å². The molecule has 1 heterocycles. The smallest absolute Gasteiger partial charge is 0.416 e. The van der Waals surface area contributed by atoms with E-state index in [0.717, 1.165) is 24.1 Å². The minimum Gasteiger partial charge on any atom is -0.464 e. The number of ether oxygens (including phenoxy) is 1. The molecule has 1 fully saturated rings. The highest BCUT2D eigenvalue weighted by Gasteiger charge is 2.43. The topological polar surface area (TPSA) is 46.6 Å². The second kappa shape index (κ2) is 9.55. The Kier molecular flexibility index (Phi) is 7.07. The molecule has 0 saturated carbocycles. The number of hydrogen-bond acceptors (Lipinski definition) is 4. The average molecular weight is 437 g/mol. The molecule has 2 aromatic rings. The Morgan fingerprint density at radius 1 is 1.13 bits per heavy atom. The van der Waals surface area contributed by atoms with E-state index in [0.29, 0.717) is 12.2 Å². The van der Waals surface area contributed by atoms with E-state index in [1.54, 1.807) is 0 Å². The lowest BCUT2D eigenvalue weighted by molar-refractivity contribution is -0.148. The maximum Gasteiger partial charge on any atom is 0.416 e. The Hall–Kier alpha value is -2.48. The van der Waals surface area contributed by atoms with Crippen molar-refractivity contribution in [1.82, 2.24) is 4.90 Å². The first-order valence-electron chi connectivity index (χ1n) is 9.66. The standard InChI is InChI=1S/C22H22F3NO3S/c1-2-3-12-29-21(28)18-14-30-20(15-8-5-4-6-9-15)26(18)19(27)16-10-7-11-17(13-16)22(23,24)25/h4-11,13,18,20H,2-3,12,14H2,1H3. The minimum atomic E-state index is -4.56. The fourth-order valence-corrected chi connectivity index (χ4v) is 4.62. The molecular weight excluding hydrogens is 415 g/mol. The maximum absolute atomic E-state index is 13.3. The zero-order valence-electron chi connectivity index (χ0n) is 16.4. The van der Waals surface area contributed by atoms with Crippen LogP contribution in [-0.4, -0.2) is 35.2 Å². The summed E-state index contributed by atoms with van der Waals surface area (Å²) in [6, 6.07) is 12.5. The van der Waals surface area contributed by atoms with Crippen molar-refractivity contribution in [1.29, 1.82) is 0 Å². The van der Waals surface area contributed by atoms with Crippen molar-refractivity contribution in [2.24, 2.45) is 0 Å². The number of esters is 1. The van der Waals surface area contributed by atoms with Crippen LogP contribution in [0.15, 0.2) is 54.6 Å². The largest absolute Gasteiger partial charge is 0.464 e. The third-order valence-electron chi connectivity index (χ3n) is 4.77. The lowest BCUT2D eigenvalue weighted by Crippen LogP contribution is -2.44. The number of nitrogens with zero attached hydrogens (tertiary/aromatic N) is 1. The predicted molar refractivity (Wildman–Crippen MR) is 109 cm³/mol. The van der Waals surface area contributed by atoms with Gasteiger partial charge in [0.25, 0.3) is 5.91 Å². The molecule has 30 heavy (non-hydrogen) atoms. The van der Waals surface area contributed by atoms with E-state index >= 15 is 0 Å². The number of alkyl halides is 3. The highest BCUT2D eigenvalue weighted by molar-refractivity contribution is 7.99. The molecule has 0 aromatic heterocycles. The van der Waals surface area contributed by atoms with Gasteiger partial charge in [-0.25, -0.2) is 4.79 Å². The monoisotopic (exact) mass is 437 g/mol. The molecule has 2 unspecified atom stereocenters. The first-order chi connectivity index (χ1) is 14.3. The Morgan fingerprint density at radius 3 is 2.53 bits per heavy atom. The van der Waals surface area contributed by atoms with E-state index in [1.807, 2.05) is 37.3 Å². The molecule has 2 atom stereocenters. The van der Waals surface area contributed by atoms with E-state index in [1.165, 1.54) is 28.8 Å². The van der Waals surface area contributed by atoms with Crippen molar-refractivity contribution in [2.75, 3.05) is 12.4 Å². The summed E-state index contributed by atoms with van der Waals surface area (Å²) in [5.74, 6) is -0.845.